The van der Waals surface area contributed by atoms with Crippen molar-refractivity contribution in [1.82, 2.24) is 9.88 Å². The molecule has 1 saturated heterocycles. The quantitative estimate of drug-likeness (QED) is 0.870. The lowest BCUT2D eigenvalue weighted by Crippen LogP contribution is -2.29. The molecule has 15 heavy (non-hydrogen) atoms. The van der Waals surface area contributed by atoms with Gasteiger partial charge in [-0.15, -0.1) is 0 Å². The van der Waals surface area contributed by atoms with Gasteiger partial charge in [-0.05, 0) is 12.1 Å². The van der Waals surface area contributed by atoms with Crippen LogP contribution in [0.5, 0.6) is 0 Å². The highest BCUT2D eigenvalue weighted by molar-refractivity contribution is 8.06. The fourth-order valence-corrected chi connectivity index (χ4v) is 4.34. The predicted octanol–water partition coefficient (Wildman–Crippen LogP) is 1.96. The number of rotatable bonds is 4. The first-order valence-electron chi connectivity index (χ1n) is 5.36. The van der Waals surface area contributed by atoms with E-state index in [9.17, 15) is 0 Å². The average molecular weight is 242 g/mol. The van der Waals surface area contributed by atoms with Crippen LogP contribution in [0, 0.1) is 0 Å². The van der Waals surface area contributed by atoms with Crippen molar-refractivity contribution in [3.05, 3.63) is 24.0 Å². The van der Waals surface area contributed by atoms with Gasteiger partial charge in [-0.2, -0.15) is 23.5 Å². The number of aromatic nitrogens is 1. The molecule has 0 aliphatic carbocycles. The summed E-state index contributed by atoms with van der Waals surface area (Å²) < 4.78 is 2.18. The van der Waals surface area contributed by atoms with Gasteiger partial charge < -0.3 is 9.88 Å². The Labute approximate surface area is 100 Å². The minimum atomic E-state index is 0.809. The molecule has 0 radical (unpaired) electrons. The second kappa shape index (κ2) is 5.87. The number of aryl methyl sites for hydroxylation is 1. The molecule has 0 amide bonds. The zero-order chi connectivity index (χ0) is 10.5. The molecule has 1 atom stereocenters. The second-order valence-electron chi connectivity index (χ2n) is 3.81. The zero-order valence-corrected chi connectivity index (χ0v) is 10.7. The van der Waals surface area contributed by atoms with Gasteiger partial charge >= 0.3 is 0 Å². The second-order valence-corrected chi connectivity index (χ2v) is 6.37. The lowest BCUT2D eigenvalue weighted by atomic mass is 10.4. The summed E-state index contributed by atoms with van der Waals surface area (Å²) in [7, 11) is 2.10. The van der Waals surface area contributed by atoms with Gasteiger partial charge in [0, 0.05) is 54.5 Å². The fourth-order valence-electron chi connectivity index (χ4n) is 1.70. The van der Waals surface area contributed by atoms with Crippen molar-refractivity contribution in [2.75, 3.05) is 23.8 Å². The fraction of sp³-hybridized carbons (Fsp3) is 0.636. The van der Waals surface area contributed by atoms with Crippen LogP contribution >= 0.6 is 23.5 Å². The largest absolute Gasteiger partial charge is 0.353 e. The van der Waals surface area contributed by atoms with Crippen molar-refractivity contribution in [2.45, 2.75) is 11.8 Å². The molecule has 0 saturated carbocycles. The summed E-state index contributed by atoms with van der Waals surface area (Å²) >= 11 is 4.20. The van der Waals surface area contributed by atoms with E-state index in [0.29, 0.717) is 0 Å². The van der Waals surface area contributed by atoms with Crippen molar-refractivity contribution >= 4 is 23.5 Å². The van der Waals surface area contributed by atoms with E-state index in [1.54, 1.807) is 0 Å². The number of hydrogen-bond acceptors (Lipinski definition) is 3. The van der Waals surface area contributed by atoms with Crippen LogP contribution in [0.2, 0.25) is 0 Å². The maximum Gasteiger partial charge on any atom is 0.0359 e. The molecule has 1 N–H and O–H groups in total. The molecule has 1 fully saturated rings. The molecule has 1 aromatic rings. The normalized spacial score (nSPS) is 21.8. The topological polar surface area (TPSA) is 17.0 Å². The molecule has 1 aliphatic heterocycles. The Morgan fingerprint density at radius 3 is 3.13 bits per heavy atom. The number of hydrogen-bond donors (Lipinski definition) is 1. The first-order valence-corrected chi connectivity index (χ1v) is 7.57. The molecule has 0 spiro atoms. The number of thioether (sulfide) groups is 2. The lowest BCUT2D eigenvalue weighted by molar-refractivity contribution is 0.652. The Balaban J connectivity index is 1.68. The van der Waals surface area contributed by atoms with Crippen molar-refractivity contribution in [3.8, 4) is 0 Å². The third kappa shape index (κ3) is 3.47. The Morgan fingerprint density at radius 2 is 2.47 bits per heavy atom. The van der Waals surface area contributed by atoms with Crippen LogP contribution in [0.1, 0.15) is 5.69 Å². The van der Waals surface area contributed by atoms with Crippen molar-refractivity contribution in [1.29, 1.82) is 0 Å². The van der Waals surface area contributed by atoms with Gasteiger partial charge in [-0.1, -0.05) is 0 Å². The van der Waals surface area contributed by atoms with Crippen LogP contribution in [0.25, 0.3) is 0 Å². The highest BCUT2D eigenvalue weighted by atomic mass is 32.2. The molecule has 2 nitrogen and oxygen atoms in total. The summed E-state index contributed by atoms with van der Waals surface area (Å²) in [6, 6.07) is 4.28. The van der Waals surface area contributed by atoms with Gasteiger partial charge in [0.25, 0.3) is 0 Å². The summed E-state index contributed by atoms with van der Waals surface area (Å²) in [6.45, 7) is 2.13. The standard InChI is InChI=1S/C11H18N2S2/c1-13-4-2-3-10(13)7-12-8-11-9-14-5-6-15-11/h2-4,11-12H,5-9H2,1H3. The predicted molar refractivity (Wildman–Crippen MR) is 70.7 cm³/mol. The Kier molecular flexibility index (Phi) is 4.47. The van der Waals surface area contributed by atoms with E-state index in [1.165, 1.54) is 23.0 Å². The summed E-state index contributed by atoms with van der Waals surface area (Å²) in [6.07, 6.45) is 2.10. The van der Waals surface area contributed by atoms with Crippen molar-refractivity contribution < 1.29 is 0 Å². The molecule has 1 unspecified atom stereocenters. The molecule has 1 aliphatic rings. The summed E-state index contributed by atoms with van der Waals surface area (Å²) in [5.41, 5.74) is 1.36. The van der Waals surface area contributed by atoms with Crippen molar-refractivity contribution in [3.63, 3.8) is 0 Å². The third-order valence-corrected chi connectivity index (χ3v) is 5.46. The minimum absolute atomic E-state index is 0.809. The molecule has 2 heterocycles. The van der Waals surface area contributed by atoms with Gasteiger partial charge in [0.2, 0.25) is 0 Å². The van der Waals surface area contributed by atoms with E-state index in [-0.39, 0.29) is 0 Å². The average Bonchev–Trinajstić information content (AvgIpc) is 2.66. The third-order valence-electron chi connectivity index (χ3n) is 2.61. The minimum Gasteiger partial charge on any atom is -0.353 e. The summed E-state index contributed by atoms with van der Waals surface area (Å²) in [5, 5.41) is 4.35. The SMILES string of the molecule is Cn1cccc1CNCC1CSCCS1. The van der Waals surface area contributed by atoms with E-state index in [1.807, 2.05) is 0 Å². The molecular weight excluding hydrogens is 224 g/mol. The first-order chi connectivity index (χ1) is 7.36. The monoisotopic (exact) mass is 242 g/mol. The summed E-state index contributed by atoms with van der Waals surface area (Å²) in [5.74, 6) is 3.96. The van der Waals surface area contributed by atoms with Gasteiger partial charge in [0.05, 0.1) is 0 Å². The lowest BCUT2D eigenvalue weighted by Gasteiger charge is -2.21. The molecule has 2 rings (SSSR count). The van der Waals surface area contributed by atoms with E-state index < -0.39 is 0 Å². The molecule has 1 aromatic heterocycles. The van der Waals surface area contributed by atoms with Gasteiger partial charge in [-0.25, -0.2) is 0 Å². The van der Waals surface area contributed by atoms with Crippen LogP contribution in [-0.4, -0.2) is 33.6 Å². The van der Waals surface area contributed by atoms with Gasteiger partial charge in [0.1, 0.15) is 0 Å². The van der Waals surface area contributed by atoms with Crippen LogP contribution < -0.4 is 5.32 Å². The van der Waals surface area contributed by atoms with Gasteiger partial charge in [0.15, 0.2) is 0 Å². The smallest absolute Gasteiger partial charge is 0.0359 e. The molecule has 4 heteroatoms. The van der Waals surface area contributed by atoms with Gasteiger partial charge in [-0.3, -0.25) is 0 Å². The molecular formula is C11H18N2S2. The zero-order valence-electron chi connectivity index (χ0n) is 9.11. The van der Waals surface area contributed by atoms with Crippen LogP contribution in [0.15, 0.2) is 18.3 Å². The van der Waals surface area contributed by atoms with E-state index in [2.05, 4.69) is 58.8 Å². The van der Waals surface area contributed by atoms with E-state index in [4.69, 9.17) is 0 Å². The Bertz CT molecular complexity index is 293. The van der Waals surface area contributed by atoms with Crippen LogP contribution in [0.4, 0.5) is 0 Å². The highest BCUT2D eigenvalue weighted by Crippen LogP contribution is 2.23. The van der Waals surface area contributed by atoms with Crippen LogP contribution in [-0.2, 0) is 13.6 Å². The Morgan fingerprint density at radius 1 is 1.53 bits per heavy atom. The summed E-state index contributed by atoms with van der Waals surface area (Å²) in [4.78, 5) is 0. The Hall–Kier alpha value is -0.0600. The maximum atomic E-state index is 3.54. The number of nitrogens with zero attached hydrogens (tertiary/aromatic N) is 1. The number of nitrogens with one attached hydrogen (secondary N) is 1. The molecule has 84 valence electrons. The van der Waals surface area contributed by atoms with E-state index >= 15 is 0 Å². The van der Waals surface area contributed by atoms with E-state index in [0.717, 1.165) is 18.3 Å². The van der Waals surface area contributed by atoms with Crippen molar-refractivity contribution in [2.24, 2.45) is 7.05 Å². The first kappa shape index (κ1) is 11.4. The molecule has 0 aromatic carbocycles. The van der Waals surface area contributed by atoms with Crippen LogP contribution in [0.3, 0.4) is 0 Å². The highest BCUT2D eigenvalue weighted by Gasteiger charge is 2.13. The molecule has 0 bridgehead atoms. The maximum absolute atomic E-state index is 3.54.